The number of aliphatic carboxylic acids is 1. The number of hydrogen-bond acceptors (Lipinski definition) is 2. The van der Waals surface area contributed by atoms with Gasteiger partial charge in [-0.05, 0) is 24.1 Å². The molecule has 0 aliphatic carbocycles. The molecule has 0 aromatic heterocycles. The average molecular weight is 274 g/mol. The molecule has 0 spiro atoms. The lowest BCUT2D eigenvalue weighted by Crippen LogP contribution is -2.44. The maximum atomic E-state index is 13.4. The third-order valence-electron chi connectivity index (χ3n) is 2.39. The van der Waals surface area contributed by atoms with Crippen LogP contribution in [0.25, 0.3) is 0 Å². The van der Waals surface area contributed by atoms with E-state index < -0.39 is 23.7 Å². The number of hydrogen-bond donors (Lipinski definition) is 2. The summed E-state index contributed by atoms with van der Waals surface area (Å²) in [7, 11) is 0. The molecular formula is C12H13ClFNO3. The number of nitrogens with one attached hydrogen (secondary N) is 1. The van der Waals surface area contributed by atoms with Gasteiger partial charge in [-0.3, -0.25) is 4.79 Å². The first-order valence-electron chi connectivity index (χ1n) is 5.31. The Morgan fingerprint density at radius 2 is 2.00 bits per heavy atom. The largest absolute Gasteiger partial charge is 0.480 e. The van der Waals surface area contributed by atoms with Gasteiger partial charge in [0.2, 0.25) is 0 Å². The van der Waals surface area contributed by atoms with E-state index in [0.717, 1.165) is 12.1 Å². The first-order valence-corrected chi connectivity index (χ1v) is 5.69. The van der Waals surface area contributed by atoms with Gasteiger partial charge in [0.1, 0.15) is 11.9 Å². The van der Waals surface area contributed by atoms with Gasteiger partial charge < -0.3 is 10.4 Å². The number of rotatable bonds is 4. The van der Waals surface area contributed by atoms with Gasteiger partial charge in [0, 0.05) is 5.02 Å². The van der Waals surface area contributed by atoms with Crippen LogP contribution in [-0.2, 0) is 4.79 Å². The second-order valence-corrected chi connectivity index (χ2v) is 4.59. The van der Waals surface area contributed by atoms with Crippen molar-refractivity contribution < 1.29 is 19.1 Å². The summed E-state index contributed by atoms with van der Waals surface area (Å²) < 4.78 is 13.4. The van der Waals surface area contributed by atoms with Gasteiger partial charge in [0.05, 0.1) is 5.56 Å². The summed E-state index contributed by atoms with van der Waals surface area (Å²) >= 11 is 5.66. The maximum absolute atomic E-state index is 13.4. The third kappa shape index (κ3) is 3.43. The average Bonchev–Trinajstić information content (AvgIpc) is 2.28. The SMILES string of the molecule is CC(C)C(NC(=O)c1cc(Cl)ccc1F)C(=O)O. The fraction of sp³-hybridized carbons (Fsp3) is 0.333. The van der Waals surface area contributed by atoms with Gasteiger partial charge in [-0.2, -0.15) is 0 Å². The van der Waals surface area contributed by atoms with E-state index in [1.165, 1.54) is 6.07 Å². The Labute approximate surface area is 109 Å². The number of carboxylic acids is 1. The summed E-state index contributed by atoms with van der Waals surface area (Å²) in [5, 5.41) is 11.4. The Bertz CT molecular complexity index is 476. The van der Waals surface area contributed by atoms with Crippen LogP contribution in [0.15, 0.2) is 18.2 Å². The maximum Gasteiger partial charge on any atom is 0.326 e. The van der Waals surface area contributed by atoms with Crippen LogP contribution in [0.4, 0.5) is 4.39 Å². The molecule has 0 bridgehead atoms. The van der Waals surface area contributed by atoms with Crippen LogP contribution in [-0.4, -0.2) is 23.0 Å². The minimum absolute atomic E-state index is 0.206. The standard InChI is InChI=1S/C12H13ClFNO3/c1-6(2)10(12(17)18)15-11(16)8-5-7(13)3-4-9(8)14/h3-6,10H,1-2H3,(H,15,16)(H,17,18). The Kier molecular flexibility index (Phi) is 4.67. The number of amides is 1. The molecule has 1 atom stereocenters. The smallest absolute Gasteiger partial charge is 0.326 e. The van der Waals surface area contributed by atoms with Crippen molar-refractivity contribution in [3.63, 3.8) is 0 Å². The molecule has 1 rings (SSSR count). The van der Waals surface area contributed by atoms with Crippen molar-refractivity contribution >= 4 is 23.5 Å². The van der Waals surface area contributed by atoms with Gasteiger partial charge in [-0.15, -0.1) is 0 Å². The van der Waals surface area contributed by atoms with Crippen LogP contribution < -0.4 is 5.32 Å². The summed E-state index contributed by atoms with van der Waals surface area (Å²) in [5.41, 5.74) is -0.269. The molecule has 2 N–H and O–H groups in total. The second kappa shape index (κ2) is 5.82. The van der Waals surface area contributed by atoms with E-state index in [9.17, 15) is 14.0 Å². The van der Waals surface area contributed by atoms with Crippen LogP contribution in [0.3, 0.4) is 0 Å². The van der Waals surface area contributed by atoms with Crippen LogP contribution in [0, 0.1) is 11.7 Å². The lowest BCUT2D eigenvalue weighted by atomic mass is 10.0. The first-order chi connectivity index (χ1) is 8.32. The second-order valence-electron chi connectivity index (χ2n) is 4.16. The number of halogens is 2. The Hall–Kier alpha value is -1.62. The molecule has 6 heteroatoms. The normalized spacial score (nSPS) is 12.3. The highest BCUT2D eigenvalue weighted by Crippen LogP contribution is 2.15. The molecule has 0 radical (unpaired) electrons. The highest BCUT2D eigenvalue weighted by Gasteiger charge is 2.25. The monoisotopic (exact) mass is 273 g/mol. The predicted octanol–water partition coefficient (Wildman–Crippen LogP) is 2.32. The molecule has 18 heavy (non-hydrogen) atoms. The molecule has 0 aliphatic rings. The van der Waals surface area contributed by atoms with E-state index in [0.29, 0.717) is 0 Å². The highest BCUT2D eigenvalue weighted by atomic mass is 35.5. The lowest BCUT2D eigenvalue weighted by molar-refractivity contribution is -0.140. The zero-order chi connectivity index (χ0) is 13.9. The van der Waals surface area contributed by atoms with Crippen LogP contribution >= 0.6 is 11.6 Å². The summed E-state index contributed by atoms with van der Waals surface area (Å²) in [6.45, 7) is 3.29. The van der Waals surface area contributed by atoms with Gasteiger partial charge in [-0.1, -0.05) is 25.4 Å². The predicted molar refractivity (Wildman–Crippen MR) is 65.1 cm³/mol. The third-order valence-corrected chi connectivity index (χ3v) is 2.63. The van der Waals surface area contributed by atoms with Crippen molar-refractivity contribution in [2.45, 2.75) is 19.9 Å². The van der Waals surface area contributed by atoms with E-state index in [2.05, 4.69) is 5.32 Å². The molecule has 0 aliphatic heterocycles. The van der Waals surface area contributed by atoms with Gasteiger partial charge in [0.25, 0.3) is 5.91 Å². The van der Waals surface area contributed by atoms with E-state index >= 15 is 0 Å². The quantitative estimate of drug-likeness (QED) is 0.885. The van der Waals surface area contributed by atoms with E-state index in [1.54, 1.807) is 13.8 Å². The summed E-state index contributed by atoms with van der Waals surface area (Å²) in [6, 6.07) is 2.45. The zero-order valence-corrected chi connectivity index (χ0v) is 10.7. The van der Waals surface area contributed by atoms with Crippen molar-refractivity contribution in [3.8, 4) is 0 Å². The topological polar surface area (TPSA) is 66.4 Å². The van der Waals surface area contributed by atoms with E-state index in [1.807, 2.05) is 0 Å². The highest BCUT2D eigenvalue weighted by molar-refractivity contribution is 6.31. The Balaban J connectivity index is 2.94. The molecule has 1 amide bonds. The van der Waals surface area contributed by atoms with Crippen LogP contribution in [0.1, 0.15) is 24.2 Å². The summed E-state index contributed by atoms with van der Waals surface area (Å²) in [4.78, 5) is 22.7. The first kappa shape index (κ1) is 14.4. The molecule has 0 saturated carbocycles. The number of carboxylic acid groups (broad SMARTS) is 1. The summed E-state index contributed by atoms with van der Waals surface area (Å²) in [6.07, 6.45) is 0. The Morgan fingerprint density at radius 3 is 2.50 bits per heavy atom. The van der Waals surface area contributed by atoms with Crippen molar-refractivity contribution in [1.82, 2.24) is 5.32 Å². The number of carbonyl (C=O) groups excluding carboxylic acids is 1. The van der Waals surface area contributed by atoms with Crippen LogP contribution in [0.2, 0.25) is 5.02 Å². The van der Waals surface area contributed by atoms with E-state index in [-0.39, 0.29) is 16.5 Å². The molecular weight excluding hydrogens is 261 g/mol. The van der Waals surface area contributed by atoms with Crippen molar-refractivity contribution in [3.05, 3.63) is 34.6 Å². The van der Waals surface area contributed by atoms with Crippen molar-refractivity contribution in [2.75, 3.05) is 0 Å². The molecule has 0 saturated heterocycles. The van der Waals surface area contributed by atoms with Gasteiger partial charge in [0.15, 0.2) is 0 Å². The zero-order valence-electron chi connectivity index (χ0n) is 9.91. The minimum Gasteiger partial charge on any atom is -0.480 e. The van der Waals surface area contributed by atoms with Crippen molar-refractivity contribution in [2.24, 2.45) is 5.92 Å². The van der Waals surface area contributed by atoms with Crippen molar-refractivity contribution in [1.29, 1.82) is 0 Å². The molecule has 4 nitrogen and oxygen atoms in total. The molecule has 0 heterocycles. The summed E-state index contributed by atoms with van der Waals surface area (Å²) in [5.74, 6) is -3.02. The molecule has 0 fully saturated rings. The van der Waals surface area contributed by atoms with E-state index in [4.69, 9.17) is 16.7 Å². The molecule has 1 aromatic carbocycles. The fourth-order valence-electron chi connectivity index (χ4n) is 1.40. The molecule has 1 unspecified atom stereocenters. The van der Waals surface area contributed by atoms with Crippen LogP contribution in [0.5, 0.6) is 0 Å². The number of carbonyl (C=O) groups is 2. The number of benzene rings is 1. The minimum atomic E-state index is -1.17. The molecule has 1 aromatic rings. The Morgan fingerprint density at radius 1 is 1.39 bits per heavy atom. The lowest BCUT2D eigenvalue weighted by Gasteiger charge is -2.18. The molecule has 98 valence electrons. The van der Waals surface area contributed by atoms with Gasteiger partial charge >= 0.3 is 5.97 Å². The fourth-order valence-corrected chi connectivity index (χ4v) is 1.58. The van der Waals surface area contributed by atoms with Gasteiger partial charge in [-0.25, -0.2) is 9.18 Å².